The van der Waals surface area contributed by atoms with Crippen molar-refractivity contribution in [2.75, 3.05) is 18.0 Å². The molecule has 0 radical (unpaired) electrons. The normalized spacial score (nSPS) is 18.9. The average Bonchev–Trinajstić information content (AvgIpc) is 3.02. The molecule has 0 unspecified atom stereocenters. The number of anilines is 1. The van der Waals surface area contributed by atoms with E-state index in [0.29, 0.717) is 5.92 Å². The molecule has 3 rings (SSSR count). The van der Waals surface area contributed by atoms with Gasteiger partial charge in [-0.2, -0.15) is 0 Å². The zero-order chi connectivity index (χ0) is 14.5. The molecule has 1 atom stereocenters. The zero-order valence-corrected chi connectivity index (χ0v) is 12.8. The van der Waals surface area contributed by atoms with E-state index in [4.69, 9.17) is 0 Å². The lowest BCUT2D eigenvalue weighted by atomic mass is 9.96. The van der Waals surface area contributed by atoms with Gasteiger partial charge < -0.3 is 9.47 Å². The van der Waals surface area contributed by atoms with Crippen LogP contribution in [0.15, 0.2) is 36.9 Å². The first-order valence-corrected chi connectivity index (χ1v) is 8.04. The van der Waals surface area contributed by atoms with E-state index in [1.165, 1.54) is 37.2 Å². The Morgan fingerprint density at radius 1 is 1.24 bits per heavy atom. The lowest BCUT2D eigenvalue weighted by Gasteiger charge is -2.34. The van der Waals surface area contributed by atoms with Crippen molar-refractivity contribution in [3.63, 3.8) is 0 Å². The van der Waals surface area contributed by atoms with Crippen molar-refractivity contribution in [3.8, 4) is 0 Å². The second-order valence-corrected chi connectivity index (χ2v) is 5.82. The third kappa shape index (κ3) is 3.26. The zero-order valence-electron chi connectivity index (χ0n) is 12.8. The SMILES string of the molecule is CCCCn1ccnc1[C@@H]1CCCN(c2ccncc2)C1. The molecule has 0 amide bonds. The molecule has 112 valence electrons. The second-order valence-electron chi connectivity index (χ2n) is 5.82. The first kappa shape index (κ1) is 14.1. The molecule has 0 aliphatic carbocycles. The fourth-order valence-corrected chi connectivity index (χ4v) is 3.18. The molecule has 3 heterocycles. The molecule has 1 saturated heterocycles. The Kier molecular flexibility index (Phi) is 4.53. The molecule has 1 fully saturated rings. The van der Waals surface area contributed by atoms with Crippen LogP contribution in [0.1, 0.15) is 44.3 Å². The van der Waals surface area contributed by atoms with Gasteiger partial charge >= 0.3 is 0 Å². The van der Waals surface area contributed by atoms with E-state index in [-0.39, 0.29) is 0 Å². The van der Waals surface area contributed by atoms with Crippen LogP contribution in [0, 0.1) is 0 Å². The van der Waals surface area contributed by atoms with Gasteiger partial charge in [-0.25, -0.2) is 4.98 Å². The highest BCUT2D eigenvalue weighted by Crippen LogP contribution is 2.29. The summed E-state index contributed by atoms with van der Waals surface area (Å²) in [6.45, 7) is 5.53. The molecule has 2 aromatic heterocycles. The standard InChI is InChI=1S/C17H24N4/c1-2-3-11-20-13-10-19-17(20)15-5-4-12-21(14-15)16-6-8-18-9-7-16/h6-10,13,15H,2-5,11-12,14H2,1H3/t15-/m1/s1. The highest BCUT2D eigenvalue weighted by atomic mass is 15.2. The van der Waals surface area contributed by atoms with Crippen molar-refractivity contribution >= 4 is 5.69 Å². The third-order valence-electron chi connectivity index (χ3n) is 4.31. The molecule has 4 nitrogen and oxygen atoms in total. The van der Waals surface area contributed by atoms with Crippen LogP contribution in [0.3, 0.4) is 0 Å². The van der Waals surface area contributed by atoms with E-state index < -0.39 is 0 Å². The van der Waals surface area contributed by atoms with Crippen LogP contribution in [0.4, 0.5) is 5.69 Å². The lowest BCUT2D eigenvalue weighted by molar-refractivity contribution is 0.466. The Bertz CT molecular complexity index is 549. The third-order valence-corrected chi connectivity index (χ3v) is 4.31. The van der Waals surface area contributed by atoms with Crippen molar-refractivity contribution in [1.29, 1.82) is 0 Å². The number of rotatable bonds is 5. The van der Waals surface area contributed by atoms with Crippen LogP contribution in [0.2, 0.25) is 0 Å². The predicted octanol–water partition coefficient (Wildman–Crippen LogP) is 3.46. The van der Waals surface area contributed by atoms with Gasteiger partial charge in [0, 0.05) is 56.0 Å². The predicted molar refractivity (Wildman–Crippen MR) is 85.6 cm³/mol. The summed E-state index contributed by atoms with van der Waals surface area (Å²) in [6.07, 6.45) is 12.8. The van der Waals surface area contributed by atoms with Gasteiger partial charge in [0.1, 0.15) is 5.82 Å². The van der Waals surface area contributed by atoms with E-state index in [1.54, 1.807) is 0 Å². The Hall–Kier alpha value is -1.84. The number of hydrogen-bond acceptors (Lipinski definition) is 3. The maximum atomic E-state index is 4.64. The van der Waals surface area contributed by atoms with E-state index in [0.717, 1.165) is 19.6 Å². The lowest BCUT2D eigenvalue weighted by Crippen LogP contribution is -2.35. The van der Waals surface area contributed by atoms with Gasteiger partial charge in [0.05, 0.1) is 0 Å². The number of aromatic nitrogens is 3. The van der Waals surface area contributed by atoms with Crippen LogP contribution in [0.5, 0.6) is 0 Å². The quantitative estimate of drug-likeness (QED) is 0.843. The molecule has 1 aliphatic heterocycles. The summed E-state index contributed by atoms with van der Waals surface area (Å²) in [6, 6.07) is 4.21. The summed E-state index contributed by atoms with van der Waals surface area (Å²) in [4.78, 5) is 11.2. The molecule has 0 N–H and O–H groups in total. The Morgan fingerprint density at radius 3 is 2.90 bits per heavy atom. The molecular weight excluding hydrogens is 260 g/mol. The summed E-state index contributed by atoms with van der Waals surface area (Å²) in [5, 5.41) is 0. The molecule has 0 spiro atoms. The summed E-state index contributed by atoms with van der Waals surface area (Å²) >= 11 is 0. The summed E-state index contributed by atoms with van der Waals surface area (Å²) in [5.41, 5.74) is 1.28. The van der Waals surface area contributed by atoms with Crippen molar-refractivity contribution in [2.45, 2.75) is 45.1 Å². The first-order valence-electron chi connectivity index (χ1n) is 8.04. The van der Waals surface area contributed by atoms with Gasteiger partial charge in [0.2, 0.25) is 0 Å². The highest BCUT2D eigenvalue weighted by Gasteiger charge is 2.24. The number of unbranched alkanes of at least 4 members (excludes halogenated alkanes) is 1. The smallest absolute Gasteiger partial charge is 0.113 e. The van der Waals surface area contributed by atoms with Crippen molar-refractivity contribution in [1.82, 2.24) is 14.5 Å². The number of aryl methyl sites for hydroxylation is 1. The van der Waals surface area contributed by atoms with Gasteiger partial charge in [-0.05, 0) is 31.4 Å². The number of nitrogens with zero attached hydrogens (tertiary/aromatic N) is 4. The van der Waals surface area contributed by atoms with Crippen molar-refractivity contribution in [2.24, 2.45) is 0 Å². The van der Waals surface area contributed by atoms with E-state index in [2.05, 4.69) is 44.7 Å². The number of imidazole rings is 1. The Balaban J connectivity index is 1.73. The number of hydrogen-bond donors (Lipinski definition) is 0. The Morgan fingerprint density at radius 2 is 2.10 bits per heavy atom. The van der Waals surface area contributed by atoms with Crippen LogP contribution < -0.4 is 4.90 Å². The van der Waals surface area contributed by atoms with Gasteiger partial charge in [-0.1, -0.05) is 13.3 Å². The molecule has 21 heavy (non-hydrogen) atoms. The number of piperidine rings is 1. The molecule has 4 heteroatoms. The fraction of sp³-hybridized carbons (Fsp3) is 0.529. The summed E-state index contributed by atoms with van der Waals surface area (Å²) < 4.78 is 2.35. The largest absolute Gasteiger partial charge is 0.371 e. The molecule has 1 aliphatic rings. The highest BCUT2D eigenvalue weighted by molar-refractivity contribution is 5.45. The molecule has 0 bridgehead atoms. The van der Waals surface area contributed by atoms with Gasteiger partial charge in [0.25, 0.3) is 0 Å². The van der Waals surface area contributed by atoms with Crippen LogP contribution in [0.25, 0.3) is 0 Å². The van der Waals surface area contributed by atoms with E-state index >= 15 is 0 Å². The van der Waals surface area contributed by atoms with Gasteiger partial charge in [0.15, 0.2) is 0 Å². The van der Waals surface area contributed by atoms with Crippen LogP contribution >= 0.6 is 0 Å². The maximum absolute atomic E-state index is 4.64. The minimum atomic E-state index is 0.541. The topological polar surface area (TPSA) is 34.0 Å². The summed E-state index contributed by atoms with van der Waals surface area (Å²) in [5.74, 6) is 1.81. The van der Waals surface area contributed by atoms with Crippen molar-refractivity contribution in [3.05, 3.63) is 42.7 Å². The fourth-order valence-electron chi connectivity index (χ4n) is 3.18. The Labute approximate surface area is 126 Å². The average molecular weight is 284 g/mol. The molecule has 0 aromatic carbocycles. The van der Waals surface area contributed by atoms with Gasteiger partial charge in [-0.3, -0.25) is 4.98 Å². The molecule has 2 aromatic rings. The van der Waals surface area contributed by atoms with Crippen LogP contribution in [-0.2, 0) is 6.54 Å². The number of pyridine rings is 1. The van der Waals surface area contributed by atoms with Gasteiger partial charge in [-0.15, -0.1) is 0 Å². The minimum Gasteiger partial charge on any atom is -0.371 e. The monoisotopic (exact) mass is 284 g/mol. The minimum absolute atomic E-state index is 0.541. The van der Waals surface area contributed by atoms with E-state index in [9.17, 15) is 0 Å². The van der Waals surface area contributed by atoms with Crippen LogP contribution in [-0.4, -0.2) is 27.6 Å². The van der Waals surface area contributed by atoms with Crippen molar-refractivity contribution < 1.29 is 0 Å². The summed E-state index contributed by atoms with van der Waals surface area (Å²) in [7, 11) is 0. The second kappa shape index (κ2) is 6.74. The van der Waals surface area contributed by atoms with E-state index in [1.807, 2.05) is 18.6 Å². The maximum Gasteiger partial charge on any atom is 0.113 e. The first-order chi connectivity index (χ1) is 10.4. The molecular formula is C17H24N4. The molecule has 0 saturated carbocycles.